The Hall–Kier alpha value is -2.95. The molecule has 29 heavy (non-hydrogen) atoms. The van der Waals surface area contributed by atoms with Crippen LogP contribution in [0.1, 0.15) is 51.5 Å². The van der Waals surface area contributed by atoms with Crippen molar-refractivity contribution in [2.75, 3.05) is 6.54 Å². The summed E-state index contributed by atoms with van der Waals surface area (Å²) < 4.78 is 13.4. The Bertz CT molecular complexity index is 862. The van der Waals surface area contributed by atoms with Crippen molar-refractivity contribution >= 4 is 17.8 Å². The molecule has 1 aliphatic carbocycles. The minimum atomic E-state index is -1.32. The second-order valence-electron chi connectivity index (χ2n) is 7.97. The number of carbonyl (C=O) groups excluding carboxylic acids is 3. The molecular weight excluding hydrogens is 375 g/mol. The number of rotatable bonds is 8. The summed E-state index contributed by atoms with van der Waals surface area (Å²) in [5, 5.41) is 14.8. The lowest BCUT2D eigenvalue weighted by Crippen LogP contribution is -2.51. The number of nitrogens with one attached hydrogen (secondary N) is 2. The van der Waals surface area contributed by atoms with Gasteiger partial charge in [0, 0.05) is 0 Å². The Balaban J connectivity index is 1.81. The van der Waals surface area contributed by atoms with E-state index < -0.39 is 41.3 Å². The van der Waals surface area contributed by atoms with Gasteiger partial charge in [0.05, 0.1) is 6.07 Å². The van der Waals surface area contributed by atoms with E-state index in [1.54, 1.807) is 6.92 Å². The first-order valence-corrected chi connectivity index (χ1v) is 9.88. The monoisotopic (exact) mass is 400 g/mol. The molecule has 2 aliphatic rings. The van der Waals surface area contributed by atoms with Crippen LogP contribution in [0.4, 0.5) is 9.18 Å². The molecule has 0 radical (unpaired) electrons. The number of urea groups is 1. The Morgan fingerprint density at radius 2 is 2.03 bits per heavy atom. The fraction of sp³-hybridized carbons (Fsp3) is 0.524. The maximum atomic E-state index is 13.4. The van der Waals surface area contributed by atoms with Gasteiger partial charge in [-0.1, -0.05) is 31.9 Å². The van der Waals surface area contributed by atoms with Crippen LogP contribution in [-0.4, -0.2) is 34.8 Å². The van der Waals surface area contributed by atoms with E-state index in [4.69, 9.17) is 0 Å². The van der Waals surface area contributed by atoms with E-state index in [0.717, 1.165) is 24.2 Å². The van der Waals surface area contributed by atoms with Crippen LogP contribution >= 0.6 is 0 Å². The molecule has 3 rings (SSSR count). The quantitative estimate of drug-likeness (QED) is 0.655. The Morgan fingerprint density at radius 1 is 1.38 bits per heavy atom. The minimum Gasteiger partial charge on any atom is -0.336 e. The van der Waals surface area contributed by atoms with Crippen LogP contribution in [0, 0.1) is 23.1 Å². The van der Waals surface area contributed by atoms with Crippen LogP contribution in [0.2, 0.25) is 0 Å². The molecule has 4 amide bonds. The molecule has 1 saturated heterocycles. The highest BCUT2D eigenvalue weighted by molar-refractivity contribution is 6.09. The smallest absolute Gasteiger partial charge is 0.325 e. The number of nitriles is 1. The molecule has 154 valence electrons. The van der Waals surface area contributed by atoms with Crippen molar-refractivity contribution in [3.8, 4) is 6.07 Å². The van der Waals surface area contributed by atoms with Crippen molar-refractivity contribution in [2.45, 2.75) is 57.0 Å². The van der Waals surface area contributed by atoms with E-state index in [2.05, 4.69) is 16.7 Å². The summed E-state index contributed by atoms with van der Waals surface area (Å²) >= 11 is 0. The van der Waals surface area contributed by atoms with Gasteiger partial charge in [0.25, 0.3) is 5.91 Å². The molecule has 0 aromatic heterocycles. The molecule has 0 unspecified atom stereocenters. The summed E-state index contributed by atoms with van der Waals surface area (Å²) in [6.45, 7) is 3.15. The molecular formula is C21H25FN4O3. The first-order chi connectivity index (χ1) is 13.8. The first kappa shape index (κ1) is 20.8. The molecule has 1 heterocycles. The van der Waals surface area contributed by atoms with E-state index >= 15 is 0 Å². The lowest BCUT2D eigenvalue weighted by molar-refractivity contribution is -0.136. The van der Waals surface area contributed by atoms with E-state index in [9.17, 15) is 24.0 Å². The Kier molecular flexibility index (Phi) is 5.60. The molecule has 0 spiro atoms. The predicted molar refractivity (Wildman–Crippen MR) is 103 cm³/mol. The maximum Gasteiger partial charge on any atom is 0.325 e. The zero-order valence-electron chi connectivity index (χ0n) is 16.6. The Morgan fingerprint density at radius 3 is 2.59 bits per heavy atom. The molecule has 1 aliphatic heterocycles. The van der Waals surface area contributed by atoms with Crippen LogP contribution in [0.25, 0.3) is 0 Å². The number of amides is 4. The third-order valence-electron chi connectivity index (χ3n) is 5.74. The van der Waals surface area contributed by atoms with Crippen molar-refractivity contribution in [1.82, 2.24) is 15.5 Å². The number of hydrogen-bond acceptors (Lipinski definition) is 4. The predicted octanol–water partition coefficient (Wildman–Crippen LogP) is 2.57. The van der Waals surface area contributed by atoms with E-state index in [-0.39, 0.29) is 5.92 Å². The number of halogens is 1. The van der Waals surface area contributed by atoms with E-state index in [1.165, 1.54) is 24.3 Å². The van der Waals surface area contributed by atoms with Crippen LogP contribution in [0.15, 0.2) is 24.3 Å². The van der Waals surface area contributed by atoms with E-state index in [0.29, 0.717) is 18.4 Å². The number of nitrogens with zero attached hydrogens (tertiary/aromatic N) is 2. The number of hydrogen-bond donors (Lipinski definition) is 2. The van der Waals surface area contributed by atoms with Gasteiger partial charge in [-0.3, -0.25) is 14.5 Å². The molecule has 2 N–H and O–H groups in total. The summed E-state index contributed by atoms with van der Waals surface area (Å²) in [6.07, 6.45) is 3.53. The Labute approximate surface area is 169 Å². The van der Waals surface area contributed by atoms with Gasteiger partial charge in [0.15, 0.2) is 0 Å². The molecule has 0 bridgehead atoms. The third kappa shape index (κ3) is 3.95. The van der Waals surface area contributed by atoms with Crippen molar-refractivity contribution in [1.29, 1.82) is 5.26 Å². The van der Waals surface area contributed by atoms with Gasteiger partial charge < -0.3 is 10.6 Å². The van der Waals surface area contributed by atoms with Crippen molar-refractivity contribution < 1.29 is 18.8 Å². The van der Waals surface area contributed by atoms with Gasteiger partial charge in [-0.05, 0) is 49.8 Å². The summed E-state index contributed by atoms with van der Waals surface area (Å²) in [5.41, 5.74) is -1.85. The number of unbranched alkanes of at least 4 members (excludes halogenated alkanes) is 1. The second kappa shape index (κ2) is 7.82. The minimum absolute atomic E-state index is 0.0856. The molecule has 1 saturated carbocycles. The molecule has 1 aromatic carbocycles. The number of carbonyl (C=O) groups is 3. The number of imide groups is 1. The molecule has 2 atom stereocenters. The largest absolute Gasteiger partial charge is 0.336 e. The summed E-state index contributed by atoms with van der Waals surface area (Å²) in [7, 11) is 0. The van der Waals surface area contributed by atoms with Crippen molar-refractivity contribution in [3.05, 3.63) is 35.6 Å². The number of benzene rings is 1. The third-order valence-corrected chi connectivity index (χ3v) is 5.74. The lowest BCUT2D eigenvalue weighted by atomic mass is 9.85. The normalized spacial score (nSPS) is 23.3. The van der Waals surface area contributed by atoms with Gasteiger partial charge in [-0.2, -0.15) is 5.26 Å². The van der Waals surface area contributed by atoms with E-state index in [1.807, 2.05) is 6.92 Å². The zero-order chi connectivity index (χ0) is 21.2. The van der Waals surface area contributed by atoms with Crippen LogP contribution in [-0.2, 0) is 15.1 Å². The summed E-state index contributed by atoms with van der Waals surface area (Å²) in [5.74, 6) is -1.46. The van der Waals surface area contributed by atoms with Crippen LogP contribution in [0.5, 0.6) is 0 Å². The van der Waals surface area contributed by atoms with Gasteiger partial charge >= 0.3 is 6.03 Å². The molecule has 7 nitrogen and oxygen atoms in total. The van der Waals surface area contributed by atoms with Crippen LogP contribution in [0.3, 0.4) is 0 Å². The molecule has 8 heteroatoms. The highest BCUT2D eigenvalue weighted by Crippen LogP contribution is 2.39. The van der Waals surface area contributed by atoms with Gasteiger partial charge in [-0.15, -0.1) is 0 Å². The highest BCUT2D eigenvalue weighted by Gasteiger charge is 2.52. The van der Waals surface area contributed by atoms with Gasteiger partial charge in [0.1, 0.15) is 23.4 Å². The SMILES string of the molecule is CCCC[C@]1(c2ccc(F)cc2)NC(=O)N(CC(=O)N[C@](C)(C#N)C2CC2)C1=O. The first-order valence-electron chi connectivity index (χ1n) is 9.88. The summed E-state index contributed by atoms with van der Waals surface area (Å²) in [4.78, 5) is 39.2. The molecule has 1 aromatic rings. The van der Waals surface area contributed by atoms with Gasteiger partial charge in [0.2, 0.25) is 5.91 Å². The molecule has 2 fully saturated rings. The topological polar surface area (TPSA) is 102 Å². The fourth-order valence-corrected chi connectivity index (χ4v) is 3.81. The fourth-order valence-electron chi connectivity index (χ4n) is 3.81. The van der Waals surface area contributed by atoms with Crippen molar-refractivity contribution in [2.24, 2.45) is 5.92 Å². The average Bonchev–Trinajstić information content (AvgIpc) is 3.52. The zero-order valence-corrected chi connectivity index (χ0v) is 16.6. The van der Waals surface area contributed by atoms with Crippen molar-refractivity contribution in [3.63, 3.8) is 0 Å². The highest BCUT2D eigenvalue weighted by atomic mass is 19.1. The van der Waals surface area contributed by atoms with Gasteiger partial charge in [-0.25, -0.2) is 9.18 Å². The maximum absolute atomic E-state index is 13.4. The lowest BCUT2D eigenvalue weighted by Gasteiger charge is -2.28. The van der Waals surface area contributed by atoms with Crippen LogP contribution < -0.4 is 10.6 Å². The standard InChI is InChI=1S/C21H25FN4O3/c1-3-4-11-21(15-7-9-16(22)10-8-15)18(28)26(19(29)25-21)12-17(27)24-20(2,13-23)14-5-6-14/h7-10,14H,3-6,11-12H2,1-2H3,(H,24,27)(H,25,29)/t20-,21-/m1/s1. The second-order valence-corrected chi connectivity index (χ2v) is 7.97. The average molecular weight is 400 g/mol. The summed E-state index contributed by atoms with van der Waals surface area (Å²) in [6, 6.07) is 6.89.